The first kappa shape index (κ1) is 28.6. The van der Waals surface area contributed by atoms with Gasteiger partial charge < -0.3 is 4.42 Å². The van der Waals surface area contributed by atoms with E-state index in [0.29, 0.717) is 5.82 Å². The van der Waals surface area contributed by atoms with Crippen LogP contribution in [0, 0.1) is 0 Å². The SMILES string of the molecule is c1ccc(-c2cc(-c3ccccc3)nc(-c3cc(-c4ccc5c(c4)sc4ccccc45)ccc3-c3cccc4oc5ccccc5c34)n2)cc1. The topological polar surface area (TPSA) is 38.9 Å². The van der Waals surface area contributed by atoms with E-state index in [4.69, 9.17) is 14.4 Å². The summed E-state index contributed by atoms with van der Waals surface area (Å²) in [6.07, 6.45) is 0. The summed E-state index contributed by atoms with van der Waals surface area (Å²) >= 11 is 1.84. The highest BCUT2D eigenvalue weighted by atomic mass is 32.1. The van der Waals surface area contributed by atoms with Crippen molar-refractivity contribution in [2.45, 2.75) is 0 Å². The first-order valence-electron chi connectivity index (χ1n) is 16.7. The highest BCUT2D eigenvalue weighted by Crippen LogP contribution is 2.43. The number of furan rings is 1. The van der Waals surface area contributed by atoms with Gasteiger partial charge in [-0.1, -0.05) is 133 Å². The lowest BCUT2D eigenvalue weighted by molar-refractivity contribution is 0.669. The Morgan fingerprint density at radius 3 is 1.78 bits per heavy atom. The molecule has 0 aliphatic carbocycles. The van der Waals surface area contributed by atoms with E-state index < -0.39 is 0 Å². The predicted octanol–water partition coefficient (Wildman–Crippen LogP) is 13.1. The maximum absolute atomic E-state index is 6.34. The predicted molar refractivity (Wildman–Crippen MR) is 209 cm³/mol. The van der Waals surface area contributed by atoms with Crippen LogP contribution < -0.4 is 0 Å². The van der Waals surface area contributed by atoms with E-state index in [-0.39, 0.29) is 0 Å². The summed E-state index contributed by atoms with van der Waals surface area (Å²) in [7, 11) is 0. The van der Waals surface area contributed by atoms with Crippen molar-refractivity contribution in [3.8, 4) is 56.2 Å². The van der Waals surface area contributed by atoms with Crippen LogP contribution in [0.5, 0.6) is 0 Å². The van der Waals surface area contributed by atoms with E-state index >= 15 is 0 Å². The van der Waals surface area contributed by atoms with Gasteiger partial charge in [0.1, 0.15) is 11.2 Å². The Kier molecular flexibility index (Phi) is 6.68. The lowest BCUT2D eigenvalue weighted by Crippen LogP contribution is -1.98. The Morgan fingerprint density at radius 2 is 1.00 bits per heavy atom. The molecule has 0 amide bonds. The molecule has 10 aromatic rings. The van der Waals surface area contributed by atoms with Gasteiger partial charge in [-0.25, -0.2) is 9.97 Å². The number of hydrogen-bond acceptors (Lipinski definition) is 4. The third-order valence-electron chi connectivity index (χ3n) is 9.53. The Morgan fingerprint density at radius 1 is 0.380 bits per heavy atom. The number of fused-ring (bicyclic) bond motifs is 6. The normalized spacial score (nSPS) is 11.6. The van der Waals surface area contributed by atoms with Crippen molar-refractivity contribution in [3.05, 3.63) is 170 Å². The Balaban J connectivity index is 1.25. The number of aromatic nitrogens is 2. The fraction of sp³-hybridized carbons (Fsp3) is 0. The molecule has 0 bridgehead atoms. The van der Waals surface area contributed by atoms with Crippen molar-refractivity contribution in [1.29, 1.82) is 0 Å². The standard InChI is InChI=1S/C46H28N2OS/c1-3-12-29(13-4-1)39-28-40(30-14-5-2-6-15-30)48-46(47-39)38-26-31(32-23-25-35-34-16-8-10-21-43(34)50-44(35)27-32)22-24-33(38)36-18-11-20-42-45(36)37-17-7-9-19-41(37)49-42/h1-28H. The van der Waals surface area contributed by atoms with Gasteiger partial charge in [-0.15, -0.1) is 11.3 Å². The maximum atomic E-state index is 6.34. The fourth-order valence-corrected chi connectivity index (χ4v) is 8.27. The monoisotopic (exact) mass is 656 g/mol. The quantitative estimate of drug-likeness (QED) is 0.185. The van der Waals surface area contributed by atoms with E-state index in [0.717, 1.165) is 72.3 Å². The largest absolute Gasteiger partial charge is 0.456 e. The number of nitrogens with zero attached hydrogens (tertiary/aromatic N) is 2. The third kappa shape index (κ3) is 4.80. The van der Waals surface area contributed by atoms with Crippen molar-refractivity contribution in [2.75, 3.05) is 0 Å². The maximum Gasteiger partial charge on any atom is 0.161 e. The first-order valence-corrected chi connectivity index (χ1v) is 17.6. The molecule has 0 aliphatic rings. The summed E-state index contributed by atoms with van der Waals surface area (Å²) < 4.78 is 8.92. The van der Waals surface area contributed by atoms with E-state index in [2.05, 4.69) is 140 Å². The average molecular weight is 657 g/mol. The molecule has 0 atom stereocenters. The van der Waals surface area contributed by atoms with E-state index in [1.807, 2.05) is 41.7 Å². The minimum absolute atomic E-state index is 0.676. The molecule has 0 N–H and O–H groups in total. The molecular weight excluding hydrogens is 629 g/mol. The second kappa shape index (κ2) is 11.7. The third-order valence-corrected chi connectivity index (χ3v) is 10.7. The molecule has 0 unspecified atom stereocenters. The summed E-state index contributed by atoms with van der Waals surface area (Å²) in [6.45, 7) is 0. The van der Waals surface area contributed by atoms with Gasteiger partial charge in [-0.05, 0) is 58.7 Å². The molecule has 3 heterocycles. The van der Waals surface area contributed by atoms with Crippen LogP contribution in [0.1, 0.15) is 0 Å². The van der Waals surface area contributed by atoms with Crippen molar-refractivity contribution >= 4 is 53.4 Å². The lowest BCUT2D eigenvalue weighted by atomic mass is 9.91. The second-order valence-electron chi connectivity index (χ2n) is 12.5. The first-order chi connectivity index (χ1) is 24.8. The minimum atomic E-state index is 0.676. The van der Waals surface area contributed by atoms with E-state index in [9.17, 15) is 0 Å². The molecule has 0 saturated carbocycles. The molecule has 0 aliphatic heterocycles. The van der Waals surface area contributed by atoms with Gasteiger partial charge >= 0.3 is 0 Å². The van der Waals surface area contributed by atoms with Crippen LogP contribution in [-0.4, -0.2) is 9.97 Å². The molecule has 7 aromatic carbocycles. The van der Waals surface area contributed by atoms with Gasteiger partial charge in [-0.2, -0.15) is 0 Å². The Hall–Kier alpha value is -6.36. The number of hydrogen-bond donors (Lipinski definition) is 0. The van der Waals surface area contributed by atoms with Gasteiger partial charge in [-0.3, -0.25) is 0 Å². The number of rotatable bonds is 5. The van der Waals surface area contributed by atoms with Crippen LogP contribution in [0.3, 0.4) is 0 Å². The average Bonchev–Trinajstić information content (AvgIpc) is 3.76. The van der Waals surface area contributed by atoms with Crippen LogP contribution in [0.4, 0.5) is 0 Å². The number of para-hydroxylation sites is 1. The number of thiophene rings is 1. The second-order valence-corrected chi connectivity index (χ2v) is 13.6. The molecular formula is C46H28N2OS. The molecule has 10 rings (SSSR count). The molecule has 0 radical (unpaired) electrons. The molecule has 3 aromatic heterocycles. The lowest BCUT2D eigenvalue weighted by Gasteiger charge is -2.15. The molecule has 0 saturated heterocycles. The fourth-order valence-electron chi connectivity index (χ4n) is 7.13. The van der Waals surface area contributed by atoms with E-state index in [1.54, 1.807) is 0 Å². The van der Waals surface area contributed by atoms with Crippen LogP contribution in [0.2, 0.25) is 0 Å². The highest BCUT2D eigenvalue weighted by Gasteiger charge is 2.20. The molecule has 0 spiro atoms. The zero-order valence-electron chi connectivity index (χ0n) is 26.9. The van der Waals surface area contributed by atoms with Gasteiger partial charge in [0.2, 0.25) is 0 Å². The molecule has 4 heteroatoms. The van der Waals surface area contributed by atoms with Gasteiger partial charge in [0, 0.05) is 47.6 Å². The zero-order valence-corrected chi connectivity index (χ0v) is 27.7. The van der Waals surface area contributed by atoms with Crippen LogP contribution in [0.15, 0.2) is 174 Å². The number of benzene rings is 7. The molecule has 3 nitrogen and oxygen atoms in total. The van der Waals surface area contributed by atoms with Crippen molar-refractivity contribution in [1.82, 2.24) is 9.97 Å². The molecule has 50 heavy (non-hydrogen) atoms. The molecule has 234 valence electrons. The van der Waals surface area contributed by atoms with Crippen LogP contribution in [-0.2, 0) is 0 Å². The van der Waals surface area contributed by atoms with Crippen LogP contribution in [0.25, 0.3) is 98.3 Å². The zero-order chi connectivity index (χ0) is 33.0. The summed E-state index contributed by atoms with van der Waals surface area (Å²) in [5.41, 5.74) is 11.0. The van der Waals surface area contributed by atoms with E-state index in [1.165, 1.54) is 20.2 Å². The highest BCUT2D eigenvalue weighted by molar-refractivity contribution is 7.25. The molecule has 0 fully saturated rings. The summed E-state index contributed by atoms with van der Waals surface area (Å²) in [5, 5.41) is 4.77. The van der Waals surface area contributed by atoms with Crippen LogP contribution >= 0.6 is 11.3 Å². The summed E-state index contributed by atoms with van der Waals surface area (Å²) in [4.78, 5) is 10.6. The Bertz CT molecular complexity index is 2810. The van der Waals surface area contributed by atoms with Crippen molar-refractivity contribution in [3.63, 3.8) is 0 Å². The van der Waals surface area contributed by atoms with Gasteiger partial charge in [0.05, 0.1) is 11.4 Å². The smallest absolute Gasteiger partial charge is 0.161 e. The minimum Gasteiger partial charge on any atom is -0.456 e. The summed E-state index contributed by atoms with van der Waals surface area (Å²) in [6, 6.07) is 59.6. The Labute approximate surface area is 292 Å². The van der Waals surface area contributed by atoms with Gasteiger partial charge in [0.15, 0.2) is 5.82 Å². The summed E-state index contributed by atoms with van der Waals surface area (Å²) in [5.74, 6) is 0.676. The van der Waals surface area contributed by atoms with Gasteiger partial charge in [0.25, 0.3) is 0 Å². The van der Waals surface area contributed by atoms with Crippen molar-refractivity contribution < 1.29 is 4.42 Å². The van der Waals surface area contributed by atoms with Crippen molar-refractivity contribution in [2.24, 2.45) is 0 Å².